The van der Waals surface area contributed by atoms with E-state index in [0.717, 1.165) is 16.1 Å². The van der Waals surface area contributed by atoms with Crippen LogP contribution in [0.2, 0.25) is 0 Å². The number of nitrogens with zero attached hydrogens (tertiary/aromatic N) is 1. The maximum absolute atomic E-state index is 12.5. The summed E-state index contributed by atoms with van der Waals surface area (Å²) in [5.41, 5.74) is 2.45. The first-order valence-electron chi connectivity index (χ1n) is 6.13. The number of thiophene rings is 1. The zero-order valence-corrected chi connectivity index (χ0v) is 12.4. The Bertz CT molecular complexity index is 704. The summed E-state index contributed by atoms with van der Waals surface area (Å²) < 4.78 is 0. The van der Waals surface area contributed by atoms with E-state index in [1.807, 2.05) is 54.8 Å². The fourth-order valence-corrected chi connectivity index (χ4v) is 3.17. The molecule has 0 saturated carbocycles. The van der Waals surface area contributed by atoms with E-state index in [1.165, 1.54) is 4.90 Å². The van der Waals surface area contributed by atoms with Crippen LogP contribution >= 0.6 is 23.6 Å². The summed E-state index contributed by atoms with van der Waals surface area (Å²) in [6.45, 7) is 2.02. The molecular formula is C15H12N2OS2. The topological polar surface area (TPSA) is 32.3 Å². The Labute approximate surface area is 126 Å². The number of hydrogen-bond acceptors (Lipinski definition) is 3. The zero-order chi connectivity index (χ0) is 14.1. The van der Waals surface area contributed by atoms with Crippen molar-refractivity contribution in [2.24, 2.45) is 0 Å². The van der Waals surface area contributed by atoms with E-state index in [0.29, 0.717) is 10.8 Å². The second kappa shape index (κ2) is 5.19. The van der Waals surface area contributed by atoms with Crippen molar-refractivity contribution < 1.29 is 4.79 Å². The van der Waals surface area contributed by atoms with Crippen molar-refractivity contribution >= 4 is 46.3 Å². The van der Waals surface area contributed by atoms with Crippen molar-refractivity contribution in [1.82, 2.24) is 5.32 Å². The molecule has 3 nitrogen and oxygen atoms in total. The minimum absolute atomic E-state index is 0.117. The van der Waals surface area contributed by atoms with Crippen molar-refractivity contribution in [1.29, 1.82) is 0 Å². The van der Waals surface area contributed by atoms with E-state index in [9.17, 15) is 4.79 Å². The Hall–Kier alpha value is -1.98. The number of para-hydroxylation sites is 1. The Morgan fingerprint density at radius 3 is 2.65 bits per heavy atom. The van der Waals surface area contributed by atoms with E-state index < -0.39 is 0 Å². The molecule has 5 heteroatoms. The normalized spacial score (nSPS) is 16.9. The van der Waals surface area contributed by atoms with E-state index in [2.05, 4.69) is 5.32 Å². The standard InChI is InChI=1S/C15H12N2OS2/c1-10-7-8-20-13(10)9-12-14(18)17(15(19)16-12)11-5-3-2-4-6-11/h2-9H,1H3,(H,16,19)/b12-9+. The second-order valence-electron chi connectivity index (χ2n) is 4.43. The molecule has 1 aliphatic rings. The SMILES string of the molecule is Cc1ccsc1/C=C1/NC(=S)N(c2ccccc2)C1=O. The van der Waals surface area contributed by atoms with Crippen LogP contribution in [0.4, 0.5) is 5.69 Å². The van der Waals surface area contributed by atoms with Gasteiger partial charge < -0.3 is 5.32 Å². The molecule has 0 aliphatic carbocycles. The Kier molecular flexibility index (Phi) is 3.38. The third-order valence-corrected chi connectivity index (χ3v) is 4.32. The number of amides is 1. The van der Waals surface area contributed by atoms with Crippen LogP contribution in [0, 0.1) is 6.92 Å². The largest absolute Gasteiger partial charge is 0.327 e. The van der Waals surface area contributed by atoms with Crippen molar-refractivity contribution in [2.45, 2.75) is 6.92 Å². The summed E-state index contributed by atoms with van der Waals surface area (Å²) in [4.78, 5) is 15.1. The molecule has 0 radical (unpaired) electrons. The minimum Gasteiger partial charge on any atom is -0.327 e. The molecule has 1 N–H and O–H groups in total. The zero-order valence-electron chi connectivity index (χ0n) is 10.8. The highest BCUT2D eigenvalue weighted by atomic mass is 32.1. The Morgan fingerprint density at radius 1 is 1.25 bits per heavy atom. The maximum Gasteiger partial charge on any atom is 0.281 e. The van der Waals surface area contributed by atoms with E-state index in [1.54, 1.807) is 11.3 Å². The number of benzene rings is 1. The van der Waals surface area contributed by atoms with E-state index >= 15 is 0 Å². The fourth-order valence-electron chi connectivity index (χ4n) is 2.01. The van der Waals surface area contributed by atoms with Crippen LogP contribution in [-0.2, 0) is 4.79 Å². The molecule has 0 unspecified atom stereocenters. The molecule has 0 atom stereocenters. The molecule has 0 bridgehead atoms. The maximum atomic E-state index is 12.5. The monoisotopic (exact) mass is 300 g/mol. The van der Waals surface area contributed by atoms with Gasteiger partial charge in [0, 0.05) is 4.88 Å². The van der Waals surface area contributed by atoms with Crippen molar-refractivity contribution in [2.75, 3.05) is 4.90 Å². The average Bonchev–Trinajstić information content (AvgIpc) is 2.96. The van der Waals surface area contributed by atoms with Gasteiger partial charge in [0.15, 0.2) is 5.11 Å². The van der Waals surface area contributed by atoms with Crippen LogP contribution in [0.25, 0.3) is 6.08 Å². The van der Waals surface area contributed by atoms with Crippen LogP contribution in [0.1, 0.15) is 10.4 Å². The minimum atomic E-state index is -0.117. The van der Waals surface area contributed by atoms with Gasteiger partial charge in [-0.2, -0.15) is 0 Å². The Morgan fingerprint density at radius 2 is 2.00 bits per heavy atom. The Balaban J connectivity index is 1.95. The molecule has 0 spiro atoms. The first-order chi connectivity index (χ1) is 9.66. The van der Waals surface area contributed by atoms with E-state index in [4.69, 9.17) is 12.2 Å². The van der Waals surface area contributed by atoms with Gasteiger partial charge in [-0.05, 0) is 54.4 Å². The smallest absolute Gasteiger partial charge is 0.281 e. The molecule has 2 heterocycles. The van der Waals surface area contributed by atoms with Crippen molar-refractivity contribution in [3.63, 3.8) is 0 Å². The number of anilines is 1. The van der Waals surface area contributed by atoms with Crippen molar-refractivity contribution in [3.05, 3.63) is 57.9 Å². The van der Waals surface area contributed by atoms with Crippen LogP contribution < -0.4 is 10.2 Å². The number of rotatable bonds is 2. The van der Waals surface area contributed by atoms with Gasteiger partial charge in [-0.1, -0.05) is 18.2 Å². The van der Waals surface area contributed by atoms with Gasteiger partial charge in [0.05, 0.1) is 5.69 Å². The molecule has 100 valence electrons. The third kappa shape index (κ3) is 2.26. The summed E-state index contributed by atoms with van der Waals surface area (Å²) in [6, 6.07) is 11.4. The lowest BCUT2D eigenvalue weighted by molar-refractivity contribution is -0.113. The number of nitrogens with one attached hydrogen (secondary N) is 1. The van der Waals surface area contributed by atoms with Crippen LogP contribution in [-0.4, -0.2) is 11.0 Å². The van der Waals surface area contributed by atoms with Gasteiger partial charge in [-0.3, -0.25) is 9.69 Å². The number of carbonyl (C=O) groups excluding carboxylic acids is 1. The van der Waals surface area contributed by atoms with Gasteiger partial charge in [0.1, 0.15) is 5.70 Å². The summed E-state index contributed by atoms with van der Waals surface area (Å²) >= 11 is 6.87. The quantitative estimate of drug-likeness (QED) is 0.682. The highest BCUT2D eigenvalue weighted by Gasteiger charge is 2.31. The van der Waals surface area contributed by atoms with Gasteiger partial charge in [0.2, 0.25) is 0 Å². The molecule has 1 fully saturated rings. The highest BCUT2D eigenvalue weighted by Crippen LogP contribution is 2.24. The van der Waals surface area contributed by atoms with E-state index in [-0.39, 0.29) is 5.91 Å². The number of hydrogen-bond donors (Lipinski definition) is 1. The third-order valence-electron chi connectivity index (χ3n) is 3.07. The number of aryl methyl sites for hydroxylation is 1. The molecule has 1 aromatic carbocycles. The predicted molar refractivity (Wildman–Crippen MR) is 86.7 cm³/mol. The average molecular weight is 300 g/mol. The summed E-state index contributed by atoms with van der Waals surface area (Å²) in [7, 11) is 0. The number of carbonyl (C=O) groups is 1. The molecule has 2 aromatic rings. The molecule has 1 aromatic heterocycles. The summed E-state index contributed by atoms with van der Waals surface area (Å²) in [6.07, 6.45) is 1.86. The second-order valence-corrected chi connectivity index (χ2v) is 5.77. The first kappa shape index (κ1) is 13.0. The summed E-state index contributed by atoms with van der Waals surface area (Å²) in [5, 5.41) is 5.42. The molecular weight excluding hydrogens is 288 g/mol. The van der Waals surface area contributed by atoms with Crippen molar-refractivity contribution in [3.8, 4) is 0 Å². The summed E-state index contributed by atoms with van der Waals surface area (Å²) in [5.74, 6) is -0.117. The lowest BCUT2D eigenvalue weighted by Crippen LogP contribution is -2.30. The predicted octanol–water partition coefficient (Wildman–Crippen LogP) is 3.32. The lowest BCUT2D eigenvalue weighted by atomic mass is 10.2. The molecule has 1 saturated heterocycles. The lowest BCUT2D eigenvalue weighted by Gasteiger charge is -2.13. The number of thiocarbonyl (C=S) groups is 1. The van der Waals surface area contributed by atoms with Crippen LogP contribution in [0.15, 0.2) is 47.5 Å². The van der Waals surface area contributed by atoms with Crippen LogP contribution in [0.5, 0.6) is 0 Å². The first-order valence-corrected chi connectivity index (χ1v) is 7.42. The highest BCUT2D eigenvalue weighted by molar-refractivity contribution is 7.80. The van der Waals surface area contributed by atoms with Gasteiger partial charge in [-0.15, -0.1) is 11.3 Å². The van der Waals surface area contributed by atoms with Gasteiger partial charge >= 0.3 is 0 Å². The van der Waals surface area contributed by atoms with Gasteiger partial charge in [-0.25, -0.2) is 0 Å². The van der Waals surface area contributed by atoms with Gasteiger partial charge in [0.25, 0.3) is 5.91 Å². The molecule has 1 amide bonds. The molecule has 3 rings (SSSR count). The molecule has 1 aliphatic heterocycles. The fraction of sp³-hybridized carbons (Fsp3) is 0.0667. The molecule has 20 heavy (non-hydrogen) atoms. The van der Waals surface area contributed by atoms with Crippen LogP contribution in [0.3, 0.4) is 0 Å².